The highest BCUT2D eigenvalue weighted by atomic mass is 16.1. The largest absolute Gasteiger partial charge is 0.357 e. The minimum absolute atomic E-state index is 0.0397. The van der Waals surface area contributed by atoms with E-state index in [0.717, 1.165) is 55.1 Å². The van der Waals surface area contributed by atoms with Crippen LogP contribution in [-0.2, 0) is 24.2 Å². The van der Waals surface area contributed by atoms with Crippen molar-refractivity contribution < 1.29 is 4.79 Å². The molecule has 2 aliphatic rings. The maximum atomic E-state index is 12.5. The van der Waals surface area contributed by atoms with E-state index in [1.165, 1.54) is 12.8 Å². The number of hydrogen-bond acceptors (Lipinski definition) is 4. The highest BCUT2D eigenvalue weighted by molar-refractivity contribution is 5.79. The SMILES string of the molecule is O=C(NCc1ccnc(N2CCCC2)c1)[C@@H]1CCc2nc[nH]c2C1. The Bertz CT molecular complexity index is 720. The van der Waals surface area contributed by atoms with Crippen molar-refractivity contribution in [1.82, 2.24) is 20.3 Å². The summed E-state index contributed by atoms with van der Waals surface area (Å²) >= 11 is 0. The van der Waals surface area contributed by atoms with Crippen molar-refractivity contribution in [3.63, 3.8) is 0 Å². The molecule has 24 heavy (non-hydrogen) atoms. The van der Waals surface area contributed by atoms with E-state index in [4.69, 9.17) is 0 Å². The molecule has 2 aromatic heterocycles. The third-order valence-electron chi connectivity index (χ3n) is 5.07. The predicted molar refractivity (Wildman–Crippen MR) is 91.6 cm³/mol. The number of aromatic amines is 1. The van der Waals surface area contributed by atoms with Gasteiger partial charge < -0.3 is 15.2 Å². The van der Waals surface area contributed by atoms with E-state index in [1.807, 2.05) is 12.3 Å². The standard InChI is InChI=1S/C18H23N5O/c24-18(14-3-4-15-16(10-14)22-12-21-15)20-11-13-5-6-19-17(9-13)23-7-1-2-8-23/h5-6,9,12,14H,1-4,7-8,10-11H2,(H,20,24)(H,21,22)/t14-/m1/s1. The average molecular weight is 325 g/mol. The zero-order chi connectivity index (χ0) is 16.4. The molecule has 3 heterocycles. The fourth-order valence-corrected chi connectivity index (χ4v) is 3.65. The van der Waals surface area contributed by atoms with Gasteiger partial charge in [0.25, 0.3) is 0 Å². The third kappa shape index (κ3) is 3.13. The Kier molecular flexibility index (Phi) is 4.19. The fraction of sp³-hybridized carbons (Fsp3) is 0.500. The van der Waals surface area contributed by atoms with Crippen LogP contribution in [0.2, 0.25) is 0 Å². The number of aromatic nitrogens is 3. The van der Waals surface area contributed by atoms with Gasteiger partial charge in [-0.15, -0.1) is 0 Å². The van der Waals surface area contributed by atoms with E-state index in [1.54, 1.807) is 6.33 Å². The lowest BCUT2D eigenvalue weighted by atomic mass is 9.89. The molecular formula is C18H23N5O. The molecule has 0 unspecified atom stereocenters. The highest BCUT2D eigenvalue weighted by Crippen LogP contribution is 2.23. The lowest BCUT2D eigenvalue weighted by Gasteiger charge is -2.21. The van der Waals surface area contributed by atoms with Gasteiger partial charge in [0, 0.05) is 43.9 Å². The summed E-state index contributed by atoms with van der Waals surface area (Å²) in [5.74, 6) is 1.20. The van der Waals surface area contributed by atoms with Gasteiger partial charge >= 0.3 is 0 Å². The molecule has 0 saturated carbocycles. The van der Waals surface area contributed by atoms with Crippen molar-refractivity contribution in [2.75, 3.05) is 18.0 Å². The maximum Gasteiger partial charge on any atom is 0.223 e. The molecular weight excluding hydrogens is 302 g/mol. The van der Waals surface area contributed by atoms with E-state index >= 15 is 0 Å². The molecule has 126 valence electrons. The Morgan fingerprint density at radius 3 is 3.08 bits per heavy atom. The zero-order valence-corrected chi connectivity index (χ0v) is 13.8. The van der Waals surface area contributed by atoms with E-state index in [-0.39, 0.29) is 11.8 Å². The van der Waals surface area contributed by atoms with Crippen LogP contribution in [0.25, 0.3) is 0 Å². The Morgan fingerprint density at radius 1 is 1.33 bits per heavy atom. The molecule has 2 aromatic rings. The van der Waals surface area contributed by atoms with Crippen LogP contribution in [0.1, 0.15) is 36.2 Å². The van der Waals surface area contributed by atoms with Crippen LogP contribution >= 0.6 is 0 Å². The lowest BCUT2D eigenvalue weighted by Crippen LogP contribution is -2.33. The Hall–Kier alpha value is -2.37. The molecule has 1 saturated heterocycles. The first kappa shape index (κ1) is 15.2. The Morgan fingerprint density at radius 2 is 2.21 bits per heavy atom. The third-order valence-corrected chi connectivity index (χ3v) is 5.07. The number of hydrogen-bond donors (Lipinski definition) is 2. The Labute approximate surface area is 141 Å². The van der Waals surface area contributed by atoms with Crippen LogP contribution in [0.3, 0.4) is 0 Å². The van der Waals surface area contributed by atoms with E-state index in [2.05, 4.69) is 31.2 Å². The molecule has 1 fully saturated rings. The van der Waals surface area contributed by atoms with Gasteiger partial charge in [0.05, 0.1) is 12.0 Å². The minimum atomic E-state index is 0.0397. The number of fused-ring (bicyclic) bond motifs is 1. The van der Waals surface area contributed by atoms with Crippen molar-refractivity contribution in [1.29, 1.82) is 0 Å². The van der Waals surface area contributed by atoms with Gasteiger partial charge in [-0.2, -0.15) is 0 Å². The quantitative estimate of drug-likeness (QED) is 0.899. The molecule has 1 aliphatic carbocycles. The number of rotatable bonds is 4. The topological polar surface area (TPSA) is 73.9 Å². The van der Waals surface area contributed by atoms with Crippen LogP contribution in [0, 0.1) is 5.92 Å². The first-order valence-corrected chi connectivity index (χ1v) is 8.78. The summed E-state index contributed by atoms with van der Waals surface area (Å²) in [6, 6.07) is 4.08. The fourth-order valence-electron chi connectivity index (χ4n) is 3.65. The second kappa shape index (κ2) is 6.63. The average Bonchev–Trinajstić information content (AvgIpc) is 3.30. The summed E-state index contributed by atoms with van der Waals surface area (Å²) in [6.45, 7) is 2.73. The summed E-state index contributed by atoms with van der Waals surface area (Å²) in [4.78, 5) is 26.7. The molecule has 1 aliphatic heterocycles. The highest BCUT2D eigenvalue weighted by Gasteiger charge is 2.26. The van der Waals surface area contributed by atoms with Gasteiger partial charge in [-0.1, -0.05) is 0 Å². The molecule has 6 heteroatoms. The van der Waals surface area contributed by atoms with Crippen LogP contribution in [0.5, 0.6) is 0 Å². The Balaban J connectivity index is 1.35. The number of pyridine rings is 1. The normalized spacial score (nSPS) is 20.0. The number of H-pyrrole nitrogens is 1. The number of carbonyl (C=O) groups is 1. The van der Waals surface area contributed by atoms with Crippen molar-refractivity contribution in [3.8, 4) is 0 Å². The molecule has 4 rings (SSSR count). The molecule has 0 aromatic carbocycles. The van der Waals surface area contributed by atoms with Gasteiger partial charge in [-0.05, 0) is 43.4 Å². The summed E-state index contributed by atoms with van der Waals surface area (Å²) in [5.41, 5.74) is 3.34. The monoisotopic (exact) mass is 325 g/mol. The predicted octanol–water partition coefficient (Wildman–Crippen LogP) is 1.83. The molecule has 1 atom stereocenters. The summed E-state index contributed by atoms with van der Waals surface area (Å²) in [7, 11) is 0. The second-order valence-corrected chi connectivity index (χ2v) is 6.70. The number of imidazole rings is 1. The summed E-state index contributed by atoms with van der Waals surface area (Å²) < 4.78 is 0. The van der Waals surface area contributed by atoms with E-state index in [9.17, 15) is 4.79 Å². The van der Waals surface area contributed by atoms with Crippen LogP contribution in [0.15, 0.2) is 24.7 Å². The molecule has 1 amide bonds. The first-order valence-electron chi connectivity index (χ1n) is 8.78. The van der Waals surface area contributed by atoms with Crippen molar-refractivity contribution in [2.45, 2.75) is 38.6 Å². The van der Waals surface area contributed by atoms with Gasteiger partial charge in [0.1, 0.15) is 5.82 Å². The lowest BCUT2D eigenvalue weighted by molar-refractivity contribution is -0.125. The number of aryl methyl sites for hydroxylation is 1. The maximum absolute atomic E-state index is 12.5. The van der Waals surface area contributed by atoms with Crippen LogP contribution in [0.4, 0.5) is 5.82 Å². The number of amides is 1. The van der Waals surface area contributed by atoms with Crippen molar-refractivity contribution >= 4 is 11.7 Å². The molecule has 0 spiro atoms. The van der Waals surface area contributed by atoms with E-state index in [0.29, 0.717) is 6.54 Å². The van der Waals surface area contributed by atoms with Gasteiger partial charge in [0.15, 0.2) is 0 Å². The van der Waals surface area contributed by atoms with Crippen LogP contribution in [-0.4, -0.2) is 33.9 Å². The first-order chi connectivity index (χ1) is 11.8. The smallest absolute Gasteiger partial charge is 0.223 e. The van der Waals surface area contributed by atoms with Gasteiger partial charge in [-0.25, -0.2) is 9.97 Å². The summed E-state index contributed by atoms with van der Waals surface area (Å²) in [5, 5.41) is 3.09. The summed E-state index contributed by atoms with van der Waals surface area (Å²) in [6.07, 6.45) is 8.55. The minimum Gasteiger partial charge on any atom is -0.357 e. The van der Waals surface area contributed by atoms with Crippen molar-refractivity contribution in [2.24, 2.45) is 5.92 Å². The molecule has 6 nitrogen and oxygen atoms in total. The van der Waals surface area contributed by atoms with Crippen LogP contribution < -0.4 is 10.2 Å². The molecule has 0 bridgehead atoms. The van der Waals surface area contributed by atoms with Crippen molar-refractivity contribution in [3.05, 3.63) is 41.6 Å². The second-order valence-electron chi connectivity index (χ2n) is 6.70. The number of nitrogens with one attached hydrogen (secondary N) is 2. The van der Waals surface area contributed by atoms with E-state index < -0.39 is 0 Å². The number of carbonyl (C=O) groups excluding carboxylic acids is 1. The molecule has 0 radical (unpaired) electrons. The number of anilines is 1. The zero-order valence-electron chi connectivity index (χ0n) is 13.8. The molecule has 2 N–H and O–H groups in total. The van der Waals surface area contributed by atoms with Gasteiger partial charge in [-0.3, -0.25) is 4.79 Å². The number of nitrogens with zero attached hydrogens (tertiary/aromatic N) is 3. The van der Waals surface area contributed by atoms with Gasteiger partial charge in [0.2, 0.25) is 5.91 Å².